The molecule has 2 rings (SSSR count). The van der Waals surface area contributed by atoms with Crippen molar-refractivity contribution in [3.8, 4) is 5.75 Å². The van der Waals surface area contributed by atoms with Gasteiger partial charge in [0.2, 0.25) is 5.13 Å². The molecule has 20 heavy (non-hydrogen) atoms. The molecular formula is C13H18N4OS2. The van der Waals surface area contributed by atoms with Gasteiger partial charge < -0.3 is 15.4 Å². The van der Waals surface area contributed by atoms with Crippen LogP contribution in [0.25, 0.3) is 0 Å². The summed E-state index contributed by atoms with van der Waals surface area (Å²) in [6, 6.07) is 7.79. The van der Waals surface area contributed by atoms with Crippen molar-refractivity contribution in [1.29, 1.82) is 0 Å². The second kappa shape index (κ2) is 6.92. The van der Waals surface area contributed by atoms with E-state index in [9.17, 15) is 0 Å². The van der Waals surface area contributed by atoms with E-state index in [1.165, 1.54) is 0 Å². The van der Waals surface area contributed by atoms with E-state index in [-0.39, 0.29) is 6.04 Å². The Hall–Kier alpha value is -1.31. The first-order chi connectivity index (χ1) is 9.60. The first-order valence-electron chi connectivity index (χ1n) is 6.13. The van der Waals surface area contributed by atoms with Crippen molar-refractivity contribution in [3.63, 3.8) is 0 Å². The van der Waals surface area contributed by atoms with E-state index in [0.29, 0.717) is 0 Å². The maximum absolute atomic E-state index is 6.20. The molecule has 0 bridgehead atoms. The molecule has 0 amide bonds. The summed E-state index contributed by atoms with van der Waals surface area (Å²) in [6.45, 7) is 0. The smallest absolute Gasteiger partial charge is 0.208 e. The van der Waals surface area contributed by atoms with Gasteiger partial charge >= 0.3 is 0 Å². The number of thioether (sulfide) groups is 1. The first kappa shape index (κ1) is 15.1. The molecule has 0 fully saturated rings. The molecule has 0 radical (unpaired) electrons. The Morgan fingerprint density at radius 1 is 1.40 bits per heavy atom. The average molecular weight is 310 g/mol. The lowest BCUT2D eigenvalue weighted by Crippen LogP contribution is -2.12. The lowest BCUT2D eigenvalue weighted by molar-refractivity contribution is 0.414. The van der Waals surface area contributed by atoms with Crippen molar-refractivity contribution >= 4 is 28.2 Å². The highest BCUT2D eigenvalue weighted by Gasteiger charge is 2.11. The minimum atomic E-state index is -0.0539. The van der Waals surface area contributed by atoms with Crippen LogP contribution >= 0.6 is 23.1 Å². The summed E-state index contributed by atoms with van der Waals surface area (Å²) < 4.78 is 6.15. The number of methoxy groups -OCH3 is 1. The van der Waals surface area contributed by atoms with Crippen molar-refractivity contribution < 1.29 is 4.74 Å². The molecule has 1 atom stereocenters. The molecule has 0 aliphatic carbocycles. The zero-order valence-electron chi connectivity index (χ0n) is 11.7. The van der Waals surface area contributed by atoms with Gasteiger partial charge in [0.1, 0.15) is 5.75 Å². The van der Waals surface area contributed by atoms with Crippen LogP contribution in [-0.2, 0) is 0 Å². The molecule has 7 heteroatoms. The second-order valence-corrected chi connectivity index (χ2v) is 6.66. The molecule has 0 aliphatic heterocycles. The van der Waals surface area contributed by atoms with E-state index >= 15 is 0 Å². The molecule has 0 saturated heterocycles. The van der Waals surface area contributed by atoms with E-state index in [1.54, 1.807) is 30.2 Å². The van der Waals surface area contributed by atoms with Crippen molar-refractivity contribution in [2.45, 2.75) is 10.4 Å². The third-order valence-electron chi connectivity index (χ3n) is 2.69. The third-order valence-corrected chi connectivity index (χ3v) is 5.03. The second-order valence-electron chi connectivity index (χ2n) is 4.44. The number of hydrogen-bond acceptors (Lipinski definition) is 7. The maximum atomic E-state index is 6.20. The van der Waals surface area contributed by atoms with Gasteiger partial charge in [-0.25, -0.2) is 0 Å². The molecular weight excluding hydrogens is 292 g/mol. The van der Waals surface area contributed by atoms with Crippen LogP contribution in [0.2, 0.25) is 0 Å². The highest BCUT2D eigenvalue weighted by atomic mass is 32.2. The highest BCUT2D eigenvalue weighted by molar-refractivity contribution is 8.01. The maximum Gasteiger partial charge on any atom is 0.208 e. The summed E-state index contributed by atoms with van der Waals surface area (Å²) in [4.78, 5) is 1.95. The van der Waals surface area contributed by atoms with Gasteiger partial charge in [0.25, 0.3) is 0 Å². The van der Waals surface area contributed by atoms with Gasteiger partial charge in [-0.1, -0.05) is 35.2 Å². The number of hydrogen-bond donors (Lipinski definition) is 1. The summed E-state index contributed by atoms with van der Waals surface area (Å²) in [5, 5.41) is 9.16. The predicted octanol–water partition coefficient (Wildman–Crippen LogP) is 2.40. The van der Waals surface area contributed by atoms with Crippen LogP contribution < -0.4 is 15.4 Å². The van der Waals surface area contributed by atoms with E-state index < -0.39 is 0 Å². The molecule has 0 aliphatic rings. The molecule has 2 N–H and O–H groups in total. The van der Waals surface area contributed by atoms with E-state index in [0.717, 1.165) is 26.5 Å². The number of nitrogens with zero attached hydrogens (tertiary/aromatic N) is 3. The number of nitrogens with two attached hydrogens (primary N) is 1. The molecule has 5 nitrogen and oxygen atoms in total. The fourth-order valence-corrected chi connectivity index (χ4v) is 3.35. The Bertz CT molecular complexity index is 559. The van der Waals surface area contributed by atoms with Crippen LogP contribution in [0.1, 0.15) is 11.6 Å². The number of aromatic nitrogens is 2. The van der Waals surface area contributed by atoms with Crippen LogP contribution in [0.5, 0.6) is 5.75 Å². The van der Waals surface area contributed by atoms with Gasteiger partial charge in [-0.05, 0) is 17.7 Å². The lowest BCUT2D eigenvalue weighted by Gasteiger charge is -2.11. The minimum Gasteiger partial charge on any atom is -0.497 e. The fourth-order valence-electron chi connectivity index (χ4n) is 1.57. The summed E-state index contributed by atoms with van der Waals surface area (Å²) in [5.41, 5.74) is 7.27. The number of rotatable bonds is 6. The molecule has 1 heterocycles. The molecule has 0 saturated carbocycles. The Morgan fingerprint density at radius 3 is 2.85 bits per heavy atom. The molecule has 2 aromatic rings. The summed E-state index contributed by atoms with van der Waals surface area (Å²) in [5.74, 6) is 1.59. The lowest BCUT2D eigenvalue weighted by atomic mass is 10.1. The van der Waals surface area contributed by atoms with Gasteiger partial charge in [-0.2, -0.15) is 0 Å². The quantitative estimate of drug-likeness (QED) is 0.827. The summed E-state index contributed by atoms with van der Waals surface area (Å²) in [6.07, 6.45) is 0. The third kappa shape index (κ3) is 3.84. The Balaban J connectivity index is 1.95. The zero-order valence-corrected chi connectivity index (χ0v) is 13.4. The highest BCUT2D eigenvalue weighted by Crippen LogP contribution is 2.29. The number of ether oxygens (including phenoxy) is 1. The van der Waals surface area contributed by atoms with E-state index in [4.69, 9.17) is 10.5 Å². The van der Waals surface area contributed by atoms with Crippen LogP contribution in [0.4, 0.5) is 5.13 Å². The molecule has 1 aromatic carbocycles. The van der Waals surface area contributed by atoms with Gasteiger partial charge in [-0.3, -0.25) is 0 Å². The Kier molecular flexibility index (Phi) is 5.22. The van der Waals surface area contributed by atoms with Crippen molar-refractivity contribution in [1.82, 2.24) is 10.2 Å². The van der Waals surface area contributed by atoms with Gasteiger partial charge in [-0.15, -0.1) is 10.2 Å². The topological polar surface area (TPSA) is 64.3 Å². The van der Waals surface area contributed by atoms with Crippen LogP contribution in [0.3, 0.4) is 0 Å². The van der Waals surface area contributed by atoms with E-state index in [2.05, 4.69) is 10.2 Å². The van der Waals surface area contributed by atoms with Gasteiger partial charge in [0.05, 0.1) is 7.11 Å². The average Bonchev–Trinajstić information content (AvgIpc) is 2.94. The summed E-state index contributed by atoms with van der Waals surface area (Å²) >= 11 is 3.20. The summed E-state index contributed by atoms with van der Waals surface area (Å²) in [7, 11) is 5.57. The van der Waals surface area contributed by atoms with Gasteiger partial charge in [0.15, 0.2) is 4.34 Å². The molecule has 1 aromatic heterocycles. The SMILES string of the molecule is COc1cccc(C(N)CSc2nnc(N(C)C)s2)c1. The monoisotopic (exact) mass is 310 g/mol. The largest absolute Gasteiger partial charge is 0.497 e. The Morgan fingerprint density at radius 2 is 2.20 bits per heavy atom. The number of anilines is 1. The van der Waals surface area contributed by atoms with E-state index in [1.807, 2.05) is 43.3 Å². The van der Waals surface area contributed by atoms with Crippen molar-refractivity contribution in [2.24, 2.45) is 5.73 Å². The van der Waals surface area contributed by atoms with Crippen LogP contribution in [0.15, 0.2) is 28.6 Å². The molecule has 1 unspecified atom stereocenters. The first-order valence-corrected chi connectivity index (χ1v) is 7.93. The normalized spacial score (nSPS) is 12.2. The molecule has 108 valence electrons. The minimum absolute atomic E-state index is 0.0539. The van der Waals surface area contributed by atoms with Crippen LogP contribution in [-0.4, -0.2) is 37.2 Å². The van der Waals surface area contributed by atoms with Gasteiger partial charge in [0, 0.05) is 25.9 Å². The fraction of sp³-hybridized carbons (Fsp3) is 0.385. The zero-order chi connectivity index (χ0) is 14.5. The standard InChI is InChI=1S/C13H18N4OS2/c1-17(2)12-15-16-13(20-12)19-8-11(14)9-5-4-6-10(7-9)18-3/h4-7,11H,8,14H2,1-3H3. The van der Waals surface area contributed by atoms with Crippen molar-refractivity contribution in [2.75, 3.05) is 31.9 Å². The number of benzene rings is 1. The predicted molar refractivity (Wildman–Crippen MR) is 84.9 cm³/mol. The molecule has 0 spiro atoms. The Labute approximate surface area is 127 Å². The van der Waals surface area contributed by atoms with Crippen LogP contribution in [0, 0.1) is 0 Å². The van der Waals surface area contributed by atoms with Crippen molar-refractivity contribution in [3.05, 3.63) is 29.8 Å².